The van der Waals surface area contributed by atoms with Gasteiger partial charge in [-0.25, -0.2) is 4.79 Å². The first-order valence-corrected chi connectivity index (χ1v) is 11.7. The number of anilines is 2. The number of carbonyl (C=O) groups excluding carboxylic acids is 2. The van der Waals surface area contributed by atoms with Crippen LogP contribution in [0.25, 0.3) is 16.5 Å². The number of aromatic nitrogens is 3. The molecule has 0 radical (unpaired) electrons. The third-order valence-electron chi connectivity index (χ3n) is 6.15. The number of halogens is 3. The minimum atomic E-state index is -4.61. The van der Waals surface area contributed by atoms with Gasteiger partial charge in [-0.3, -0.25) is 14.5 Å². The molecule has 2 aromatic heterocycles. The van der Waals surface area contributed by atoms with Crippen LogP contribution in [0, 0.1) is 11.8 Å². The first-order valence-electron chi connectivity index (χ1n) is 11.7. The van der Waals surface area contributed by atoms with Gasteiger partial charge in [0.15, 0.2) is 0 Å². The molecule has 2 unspecified atom stereocenters. The molecule has 0 aliphatic heterocycles. The van der Waals surface area contributed by atoms with Gasteiger partial charge < -0.3 is 16.0 Å². The maximum absolute atomic E-state index is 13.3. The Morgan fingerprint density at radius 1 is 1.08 bits per heavy atom. The smallest absolute Gasteiger partial charge is 0.331 e. The van der Waals surface area contributed by atoms with Crippen molar-refractivity contribution in [3.05, 3.63) is 66.1 Å². The standard InChI is InChI=1S/C26H27F3N6O2/c1-14(2)24(36)32-21-8-6-17(26(27,28)29)10-22(21)34-25(37)33-20-7-5-16(9-15(20)3)18-11-30-13-23-19(18)12-31-35(23)4/h5-15,20H,1-4H3,(H,32,36)(H2,33,34,37). The Labute approximate surface area is 211 Å². The predicted octanol–water partition coefficient (Wildman–Crippen LogP) is 5.36. The average Bonchev–Trinajstić information content (AvgIpc) is 3.21. The van der Waals surface area contributed by atoms with Gasteiger partial charge in [0.25, 0.3) is 0 Å². The second kappa shape index (κ2) is 10.1. The lowest BCUT2D eigenvalue weighted by molar-refractivity contribution is -0.137. The van der Waals surface area contributed by atoms with Gasteiger partial charge in [-0.1, -0.05) is 39.0 Å². The van der Waals surface area contributed by atoms with Crippen molar-refractivity contribution in [2.24, 2.45) is 18.9 Å². The third-order valence-corrected chi connectivity index (χ3v) is 6.15. The number of alkyl halides is 3. The van der Waals surface area contributed by atoms with E-state index in [-0.39, 0.29) is 23.2 Å². The highest BCUT2D eigenvalue weighted by Crippen LogP contribution is 2.34. The van der Waals surface area contributed by atoms with E-state index in [0.717, 1.165) is 40.2 Å². The molecule has 3 amide bonds. The Bertz CT molecular complexity index is 1410. The van der Waals surface area contributed by atoms with Gasteiger partial charge in [0, 0.05) is 30.1 Å². The van der Waals surface area contributed by atoms with Crippen molar-refractivity contribution >= 4 is 39.8 Å². The number of hydrogen-bond acceptors (Lipinski definition) is 4. The largest absolute Gasteiger partial charge is 0.416 e. The number of nitrogens with zero attached hydrogens (tertiary/aromatic N) is 3. The monoisotopic (exact) mass is 512 g/mol. The van der Waals surface area contributed by atoms with E-state index < -0.39 is 29.7 Å². The number of aryl methyl sites for hydroxylation is 1. The Morgan fingerprint density at radius 2 is 1.84 bits per heavy atom. The second-order valence-corrected chi connectivity index (χ2v) is 9.25. The molecule has 2 heterocycles. The normalized spacial score (nSPS) is 17.6. The Kier molecular flexibility index (Phi) is 7.06. The van der Waals surface area contributed by atoms with Gasteiger partial charge in [-0.2, -0.15) is 18.3 Å². The third kappa shape index (κ3) is 5.65. The minimum Gasteiger partial charge on any atom is -0.331 e. The second-order valence-electron chi connectivity index (χ2n) is 9.25. The number of fused-ring (bicyclic) bond motifs is 1. The summed E-state index contributed by atoms with van der Waals surface area (Å²) >= 11 is 0. The summed E-state index contributed by atoms with van der Waals surface area (Å²) in [5.41, 5.74) is 1.70. The van der Waals surface area contributed by atoms with Crippen LogP contribution in [-0.4, -0.2) is 32.7 Å². The Hall–Kier alpha value is -4.15. The molecule has 1 aromatic carbocycles. The van der Waals surface area contributed by atoms with Gasteiger partial charge in [-0.15, -0.1) is 0 Å². The number of urea groups is 1. The van der Waals surface area contributed by atoms with Crippen molar-refractivity contribution in [1.82, 2.24) is 20.1 Å². The molecular weight excluding hydrogens is 485 g/mol. The highest BCUT2D eigenvalue weighted by molar-refractivity contribution is 6.00. The van der Waals surface area contributed by atoms with Gasteiger partial charge in [0.05, 0.1) is 40.9 Å². The van der Waals surface area contributed by atoms with Crippen LogP contribution in [0.15, 0.2) is 55.0 Å². The summed E-state index contributed by atoms with van der Waals surface area (Å²) in [6, 6.07) is 1.67. The summed E-state index contributed by atoms with van der Waals surface area (Å²) in [7, 11) is 1.84. The number of nitrogens with one attached hydrogen (secondary N) is 3. The zero-order valence-electron chi connectivity index (χ0n) is 20.7. The van der Waals surface area contributed by atoms with Crippen LogP contribution in [0.3, 0.4) is 0 Å². The van der Waals surface area contributed by atoms with E-state index in [4.69, 9.17) is 0 Å². The van der Waals surface area contributed by atoms with Crippen molar-refractivity contribution in [3.8, 4) is 0 Å². The van der Waals surface area contributed by atoms with Crippen molar-refractivity contribution < 1.29 is 22.8 Å². The van der Waals surface area contributed by atoms with Crippen LogP contribution in [0.2, 0.25) is 0 Å². The lowest BCUT2D eigenvalue weighted by Crippen LogP contribution is -2.41. The lowest BCUT2D eigenvalue weighted by Gasteiger charge is -2.25. The summed E-state index contributed by atoms with van der Waals surface area (Å²) in [4.78, 5) is 29.2. The number of allylic oxidation sites excluding steroid dienone is 2. The minimum absolute atomic E-state index is 0.0772. The Morgan fingerprint density at radius 3 is 2.51 bits per heavy atom. The number of amides is 3. The van der Waals surface area contributed by atoms with Crippen LogP contribution in [0.5, 0.6) is 0 Å². The molecule has 37 heavy (non-hydrogen) atoms. The van der Waals surface area contributed by atoms with E-state index in [9.17, 15) is 22.8 Å². The fourth-order valence-electron chi connectivity index (χ4n) is 3.99. The average molecular weight is 513 g/mol. The fourth-order valence-corrected chi connectivity index (χ4v) is 3.99. The summed E-state index contributed by atoms with van der Waals surface area (Å²) in [5, 5.41) is 13.0. The van der Waals surface area contributed by atoms with E-state index in [1.165, 1.54) is 0 Å². The molecule has 1 aliphatic carbocycles. The van der Waals surface area contributed by atoms with E-state index >= 15 is 0 Å². The van der Waals surface area contributed by atoms with Crippen molar-refractivity contribution in [3.63, 3.8) is 0 Å². The predicted molar refractivity (Wildman–Crippen MR) is 136 cm³/mol. The zero-order valence-corrected chi connectivity index (χ0v) is 20.7. The van der Waals surface area contributed by atoms with E-state index in [1.54, 1.807) is 37.1 Å². The summed E-state index contributed by atoms with van der Waals surface area (Å²) in [5.74, 6) is -0.909. The SMILES string of the molecule is CC(C)C(=O)Nc1ccc(C(F)(F)F)cc1NC(=O)NC1C=CC(c2cncc3c2cnn3C)=CC1C. The number of rotatable bonds is 5. The molecule has 2 atom stereocenters. The van der Waals surface area contributed by atoms with Gasteiger partial charge in [0.2, 0.25) is 5.91 Å². The summed E-state index contributed by atoms with van der Waals surface area (Å²) in [6.45, 7) is 5.23. The lowest BCUT2D eigenvalue weighted by atomic mass is 9.89. The molecule has 194 valence electrons. The fraction of sp³-hybridized carbons (Fsp3) is 0.308. The molecule has 0 spiro atoms. The number of carbonyl (C=O) groups is 2. The maximum atomic E-state index is 13.3. The maximum Gasteiger partial charge on any atom is 0.416 e. The van der Waals surface area contributed by atoms with Crippen molar-refractivity contribution in [1.29, 1.82) is 0 Å². The number of pyridine rings is 1. The van der Waals surface area contributed by atoms with Crippen LogP contribution in [0.4, 0.5) is 29.3 Å². The molecule has 1 aliphatic rings. The highest BCUT2D eigenvalue weighted by Gasteiger charge is 2.31. The van der Waals surface area contributed by atoms with Gasteiger partial charge >= 0.3 is 12.2 Å². The van der Waals surface area contributed by atoms with Crippen LogP contribution >= 0.6 is 0 Å². The zero-order chi connectivity index (χ0) is 26.9. The molecule has 0 saturated heterocycles. The topological polar surface area (TPSA) is 101 Å². The molecule has 11 heteroatoms. The molecule has 8 nitrogen and oxygen atoms in total. The molecule has 0 saturated carbocycles. The van der Waals surface area contributed by atoms with E-state index in [1.807, 2.05) is 32.2 Å². The molecule has 4 rings (SSSR count). The van der Waals surface area contributed by atoms with E-state index in [0.29, 0.717) is 0 Å². The van der Waals surface area contributed by atoms with E-state index in [2.05, 4.69) is 26.0 Å². The first kappa shape index (κ1) is 25.9. The quantitative estimate of drug-likeness (QED) is 0.428. The number of benzene rings is 1. The molecule has 0 bridgehead atoms. The van der Waals surface area contributed by atoms with Crippen molar-refractivity contribution in [2.75, 3.05) is 10.6 Å². The summed E-state index contributed by atoms with van der Waals surface area (Å²) < 4.78 is 41.6. The van der Waals surface area contributed by atoms with Gasteiger partial charge in [0.1, 0.15) is 0 Å². The van der Waals surface area contributed by atoms with Crippen LogP contribution in [-0.2, 0) is 18.0 Å². The molecule has 0 fully saturated rings. The molecule has 3 N–H and O–H groups in total. The molecular formula is C26H27F3N6O2. The first-order chi connectivity index (χ1) is 17.4. The highest BCUT2D eigenvalue weighted by atomic mass is 19.4. The van der Waals surface area contributed by atoms with Gasteiger partial charge in [-0.05, 0) is 29.7 Å². The molecule has 3 aromatic rings. The Balaban J connectivity index is 1.51. The van der Waals surface area contributed by atoms with Crippen molar-refractivity contribution in [2.45, 2.75) is 33.0 Å². The summed E-state index contributed by atoms with van der Waals surface area (Å²) in [6.07, 6.45) is 6.34. The van der Waals surface area contributed by atoms with Crippen LogP contribution < -0.4 is 16.0 Å². The number of hydrogen-bond donors (Lipinski definition) is 3. The van der Waals surface area contributed by atoms with Crippen LogP contribution in [0.1, 0.15) is 31.9 Å².